The SMILES string of the molecule is CCNC(=O)c1cccc(CNC(=O)CNC(=O)c2cc(-c3ccccc3)on2)c1. The molecule has 0 aliphatic carbocycles. The molecule has 8 nitrogen and oxygen atoms in total. The van der Waals surface area contributed by atoms with E-state index < -0.39 is 5.91 Å². The number of rotatable bonds is 8. The van der Waals surface area contributed by atoms with Gasteiger partial charge in [-0.25, -0.2) is 0 Å². The summed E-state index contributed by atoms with van der Waals surface area (Å²) >= 11 is 0. The molecule has 0 aliphatic rings. The lowest BCUT2D eigenvalue weighted by Gasteiger charge is -2.08. The minimum Gasteiger partial charge on any atom is -0.355 e. The van der Waals surface area contributed by atoms with Crippen molar-refractivity contribution in [1.29, 1.82) is 0 Å². The highest BCUT2D eigenvalue weighted by Crippen LogP contribution is 2.19. The summed E-state index contributed by atoms with van der Waals surface area (Å²) in [5, 5.41) is 11.7. The van der Waals surface area contributed by atoms with Crippen LogP contribution in [0.25, 0.3) is 11.3 Å². The van der Waals surface area contributed by atoms with Gasteiger partial charge in [0.15, 0.2) is 11.5 Å². The van der Waals surface area contributed by atoms with Crippen LogP contribution in [0.1, 0.15) is 33.3 Å². The first kappa shape index (κ1) is 20.8. The summed E-state index contributed by atoms with van der Waals surface area (Å²) in [5.74, 6) is -0.564. The fraction of sp³-hybridized carbons (Fsp3) is 0.182. The highest BCUT2D eigenvalue weighted by Gasteiger charge is 2.14. The lowest BCUT2D eigenvalue weighted by atomic mass is 10.1. The molecule has 1 heterocycles. The molecule has 3 N–H and O–H groups in total. The largest absolute Gasteiger partial charge is 0.355 e. The van der Waals surface area contributed by atoms with Crippen LogP contribution in [0.15, 0.2) is 65.2 Å². The van der Waals surface area contributed by atoms with Gasteiger partial charge in [0.05, 0.1) is 6.54 Å². The van der Waals surface area contributed by atoms with Crippen molar-refractivity contribution in [1.82, 2.24) is 21.1 Å². The number of hydrogen-bond donors (Lipinski definition) is 3. The van der Waals surface area contributed by atoms with E-state index in [2.05, 4.69) is 21.1 Å². The average Bonchev–Trinajstić information content (AvgIpc) is 3.27. The second-order valence-electron chi connectivity index (χ2n) is 6.46. The molecule has 1 aromatic heterocycles. The highest BCUT2D eigenvalue weighted by atomic mass is 16.5. The lowest BCUT2D eigenvalue weighted by molar-refractivity contribution is -0.120. The van der Waals surface area contributed by atoms with Crippen molar-refractivity contribution in [2.45, 2.75) is 13.5 Å². The van der Waals surface area contributed by atoms with Crippen LogP contribution in [0, 0.1) is 0 Å². The average molecular weight is 406 g/mol. The molecule has 0 unspecified atom stereocenters. The molecule has 3 aromatic rings. The number of hydrogen-bond acceptors (Lipinski definition) is 5. The van der Waals surface area contributed by atoms with Gasteiger partial charge in [0, 0.05) is 30.3 Å². The Balaban J connectivity index is 1.48. The summed E-state index contributed by atoms with van der Waals surface area (Å²) in [6.45, 7) is 2.42. The number of carbonyl (C=O) groups is 3. The maximum absolute atomic E-state index is 12.2. The van der Waals surface area contributed by atoms with E-state index in [1.807, 2.05) is 43.3 Å². The Kier molecular flexibility index (Phi) is 6.94. The molecule has 0 saturated carbocycles. The van der Waals surface area contributed by atoms with Gasteiger partial charge in [-0.05, 0) is 24.6 Å². The van der Waals surface area contributed by atoms with Crippen LogP contribution in [0.3, 0.4) is 0 Å². The van der Waals surface area contributed by atoms with E-state index in [9.17, 15) is 14.4 Å². The maximum Gasteiger partial charge on any atom is 0.273 e. The smallest absolute Gasteiger partial charge is 0.273 e. The molecule has 0 saturated heterocycles. The van der Waals surface area contributed by atoms with Crippen molar-refractivity contribution in [3.63, 3.8) is 0 Å². The van der Waals surface area contributed by atoms with Crippen molar-refractivity contribution in [2.24, 2.45) is 0 Å². The Hall–Kier alpha value is -3.94. The molecule has 0 aliphatic heterocycles. The standard InChI is InChI=1S/C22H22N4O4/c1-2-23-21(28)17-10-6-7-15(11-17)13-24-20(27)14-25-22(29)18-12-19(30-26-18)16-8-4-3-5-9-16/h3-12H,2,13-14H2,1H3,(H,23,28)(H,24,27)(H,25,29). The first-order valence-electron chi connectivity index (χ1n) is 9.51. The van der Waals surface area contributed by atoms with Crippen molar-refractivity contribution in [3.05, 3.63) is 77.5 Å². The van der Waals surface area contributed by atoms with Crippen LogP contribution in [0.5, 0.6) is 0 Å². The molecular weight excluding hydrogens is 384 g/mol. The summed E-state index contributed by atoms with van der Waals surface area (Å²) in [4.78, 5) is 36.1. The minimum absolute atomic E-state index is 0.0938. The lowest BCUT2D eigenvalue weighted by Crippen LogP contribution is -2.36. The quantitative estimate of drug-likeness (QED) is 0.530. The van der Waals surface area contributed by atoms with Gasteiger partial charge in [0.25, 0.3) is 11.8 Å². The van der Waals surface area contributed by atoms with Crippen LogP contribution in [0.2, 0.25) is 0 Å². The van der Waals surface area contributed by atoms with Crippen molar-refractivity contribution in [2.75, 3.05) is 13.1 Å². The second kappa shape index (κ2) is 10.0. The van der Waals surface area contributed by atoms with E-state index in [4.69, 9.17) is 4.52 Å². The summed E-state index contributed by atoms with van der Waals surface area (Å²) in [5.41, 5.74) is 2.20. The zero-order valence-electron chi connectivity index (χ0n) is 16.5. The number of nitrogens with zero attached hydrogens (tertiary/aromatic N) is 1. The number of benzene rings is 2. The van der Waals surface area contributed by atoms with E-state index in [0.717, 1.165) is 11.1 Å². The Morgan fingerprint density at radius 2 is 1.70 bits per heavy atom. The van der Waals surface area contributed by atoms with Gasteiger partial charge in [-0.1, -0.05) is 47.6 Å². The fourth-order valence-corrected chi connectivity index (χ4v) is 2.72. The molecule has 2 aromatic carbocycles. The summed E-state index contributed by atoms with van der Waals surface area (Å²) in [6, 6.07) is 17.8. The molecule has 0 fully saturated rings. The normalized spacial score (nSPS) is 10.3. The van der Waals surface area contributed by atoms with Crippen LogP contribution in [-0.2, 0) is 11.3 Å². The highest BCUT2D eigenvalue weighted by molar-refractivity contribution is 5.95. The molecule has 8 heteroatoms. The van der Waals surface area contributed by atoms with Crippen molar-refractivity contribution >= 4 is 17.7 Å². The third kappa shape index (κ3) is 5.54. The molecule has 30 heavy (non-hydrogen) atoms. The van der Waals surface area contributed by atoms with Gasteiger partial charge in [-0.3, -0.25) is 14.4 Å². The molecule has 0 radical (unpaired) electrons. The van der Waals surface area contributed by atoms with Gasteiger partial charge in [0.1, 0.15) is 0 Å². The maximum atomic E-state index is 12.2. The zero-order chi connectivity index (χ0) is 21.3. The number of amides is 3. The zero-order valence-corrected chi connectivity index (χ0v) is 16.5. The Labute approximate surface area is 173 Å². The molecule has 3 rings (SSSR count). The minimum atomic E-state index is -0.505. The fourth-order valence-electron chi connectivity index (χ4n) is 2.72. The Bertz CT molecular complexity index is 1030. The molecule has 0 bridgehead atoms. The molecule has 154 valence electrons. The van der Waals surface area contributed by atoms with Crippen LogP contribution >= 0.6 is 0 Å². The van der Waals surface area contributed by atoms with Crippen molar-refractivity contribution < 1.29 is 18.9 Å². The van der Waals surface area contributed by atoms with Crippen molar-refractivity contribution in [3.8, 4) is 11.3 Å². The molecular formula is C22H22N4O4. The summed E-state index contributed by atoms with van der Waals surface area (Å²) in [7, 11) is 0. The number of carbonyl (C=O) groups excluding carboxylic acids is 3. The number of nitrogens with one attached hydrogen (secondary N) is 3. The first-order chi connectivity index (χ1) is 14.6. The Morgan fingerprint density at radius 1 is 0.900 bits per heavy atom. The van der Waals surface area contributed by atoms with Gasteiger partial charge in [-0.15, -0.1) is 0 Å². The van der Waals surface area contributed by atoms with Gasteiger partial charge < -0.3 is 20.5 Å². The predicted molar refractivity (Wildman–Crippen MR) is 111 cm³/mol. The van der Waals surface area contributed by atoms with Gasteiger partial charge >= 0.3 is 0 Å². The van der Waals surface area contributed by atoms with Crippen LogP contribution in [-0.4, -0.2) is 36.0 Å². The molecule has 0 atom stereocenters. The number of aromatic nitrogens is 1. The van der Waals surface area contributed by atoms with E-state index in [1.165, 1.54) is 6.07 Å². The summed E-state index contributed by atoms with van der Waals surface area (Å²) in [6.07, 6.45) is 0. The van der Waals surface area contributed by atoms with E-state index >= 15 is 0 Å². The predicted octanol–water partition coefficient (Wildman–Crippen LogP) is 2.14. The monoisotopic (exact) mass is 406 g/mol. The summed E-state index contributed by atoms with van der Waals surface area (Å²) < 4.78 is 5.19. The van der Waals surface area contributed by atoms with Gasteiger partial charge in [0.2, 0.25) is 5.91 Å². The Morgan fingerprint density at radius 3 is 2.47 bits per heavy atom. The third-order valence-corrected chi connectivity index (χ3v) is 4.23. The molecule has 0 spiro atoms. The van der Waals surface area contributed by atoms with Crippen LogP contribution < -0.4 is 16.0 Å². The second-order valence-corrected chi connectivity index (χ2v) is 6.46. The first-order valence-corrected chi connectivity index (χ1v) is 9.51. The topological polar surface area (TPSA) is 113 Å². The van der Waals surface area contributed by atoms with E-state index in [-0.39, 0.29) is 30.6 Å². The van der Waals surface area contributed by atoms with E-state index in [1.54, 1.807) is 18.2 Å². The van der Waals surface area contributed by atoms with Crippen LogP contribution in [0.4, 0.5) is 0 Å². The van der Waals surface area contributed by atoms with E-state index in [0.29, 0.717) is 17.9 Å². The third-order valence-electron chi connectivity index (χ3n) is 4.23. The van der Waals surface area contributed by atoms with Gasteiger partial charge in [-0.2, -0.15) is 0 Å². The molecule has 3 amide bonds.